The molecule has 1 aliphatic rings. The Labute approximate surface area is 158 Å². The molecule has 3 heterocycles. The van der Waals surface area contributed by atoms with Crippen molar-refractivity contribution in [1.82, 2.24) is 15.2 Å². The van der Waals surface area contributed by atoms with Gasteiger partial charge in [0.15, 0.2) is 0 Å². The highest BCUT2D eigenvalue weighted by Crippen LogP contribution is 2.21. The predicted octanol–water partition coefficient (Wildman–Crippen LogP) is 2.79. The number of carbonyl (C=O) groups excluding carboxylic acids is 1. The molecule has 1 aromatic carbocycles. The highest BCUT2D eigenvalue weighted by atomic mass is 16.3. The van der Waals surface area contributed by atoms with Gasteiger partial charge in [-0.1, -0.05) is 24.3 Å². The van der Waals surface area contributed by atoms with Gasteiger partial charge < -0.3 is 19.5 Å². The van der Waals surface area contributed by atoms with Crippen LogP contribution in [0.1, 0.15) is 18.2 Å². The Kier molecular flexibility index (Phi) is 5.07. The molecular weight excluding hydrogens is 340 g/mol. The minimum Gasteiger partial charge on any atom is -0.460 e. The van der Waals surface area contributed by atoms with Gasteiger partial charge in [0.2, 0.25) is 5.91 Å². The van der Waals surface area contributed by atoms with Gasteiger partial charge in [-0.25, -0.2) is 4.98 Å². The SMILES string of the molecule is CC(=O)N1CCN(c2ncccc2CNCc2cc3ccccc3o2)CC1. The van der Waals surface area contributed by atoms with Crippen LogP contribution in [0, 0.1) is 0 Å². The number of piperazine rings is 1. The van der Waals surface area contributed by atoms with Crippen molar-refractivity contribution in [2.75, 3.05) is 31.1 Å². The van der Waals surface area contributed by atoms with Gasteiger partial charge in [-0.05, 0) is 18.2 Å². The normalized spacial score (nSPS) is 14.7. The number of carbonyl (C=O) groups is 1. The first-order valence-corrected chi connectivity index (χ1v) is 9.33. The molecule has 140 valence electrons. The second kappa shape index (κ2) is 7.80. The molecule has 3 aromatic rings. The zero-order chi connectivity index (χ0) is 18.6. The van der Waals surface area contributed by atoms with E-state index in [-0.39, 0.29) is 5.91 Å². The number of pyridine rings is 1. The lowest BCUT2D eigenvalue weighted by Crippen LogP contribution is -2.48. The standard InChI is InChI=1S/C21H24N4O2/c1-16(26)24-9-11-25(12-10-24)21-18(6-4-8-23-21)14-22-15-19-13-17-5-2-3-7-20(17)27-19/h2-8,13,22H,9-12,14-15H2,1H3. The monoisotopic (exact) mass is 364 g/mol. The van der Waals surface area contributed by atoms with Crippen LogP contribution in [0.5, 0.6) is 0 Å². The number of aromatic nitrogens is 1. The van der Waals surface area contributed by atoms with Crippen LogP contribution in [0.3, 0.4) is 0 Å². The van der Waals surface area contributed by atoms with Gasteiger partial charge in [0.1, 0.15) is 17.2 Å². The second-order valence-corrected chi connectivity index (χ2v) is 6.83. The Balaban J connectivity index is 1.39. The first-order valence-electron chi connectivity index (χ1n) is 9.33. The van der Waals surface area contributed by atoms with Crippen LogP contribution in [0.2, 0.25) is 0 Å². The molecule has 6 heteroatoms. The Hall–Kier alpha value is -2.86. The molecule has 0 saturated carbocycles. The maximum absolute atomic E-state index is 11.5. The topological polar surface area (TPSA) is 61.6 Å². The van der Waals surface area contributed by atoms with Gasteiger partial charge in [0.25, 0.3) is 0 Å². The van der Waals surface area contributed by atoms with Crippen molar-refractivity contribution in [2.24, 2.45) is 0 Å². The molecule has 0 radical (unpaired) electrons. The lowest BCUT2D eigenvalue weighted by Gasteiger charge is -2.35. The summed E-state index contributed by atoms with van der Waals surface area (Å²) in [5.41, 5.74) is 2.07. The maximum atomic E-state index is 11.5. The van der Waals surface area contributed by atoms with Crippen molar-refractivity contribution in [3.8, 4) is 0 Å². The molecule has 0 spiro atoms. The number of nitrogens with zero attached hydrogens (tertiary/aromatic N) is 3. The van der Waals surface area contributed by atoms with Gasteiger partial charge in [0, 0.05) is 56.8 Å². The Morgan fingerprint density at radius 1 is 1.11 bits per heavy atom. The third kappa shape index (κ3) is 3.95. The van der Waals surface area contributed by atoms with E-state index in [2.05, 4.69) is 33.4 Å². The number of fused-ring (bicyclic) bond motifs is 1. The molecule has 0 aliphatic carbocycles. The number of anilines is 1. The van der Waals surface area contributed by atoms with Crippen LogP contribution >= 0.6 is 0 Å². The molecule has 2 aromatic heterocycles. The molecule has 1 fully saturated rings. The number of amides is 1. The minimum atomic E-state index is 0.142. The molecule has 1 aliphatic heterocycles. The third-order valence-corrected chi connectivity index (χ3v) is 4.98. The second-order valence-electron chi connectivity index (χ2n) is 6.83. The molecule has 1 N–H and O–H groups in total. The largest absolute Gasteiger partial charge is 0.460 e. The fraction of sp³-hybridized carbons (Fsp3) is 0.333. The van der Waals surface area contributed by atoms with Gasteiger partial charge in [-0.3, -0.25) is 4.79 Å². The summed E-state index contributed by atoms with van der Waals surface area (Å²) < 4.78 is 5.86. The Bertz CT molecular complexity index is 896. The van der Waals surface area contributed by atoms with Gasteiger partial charge >= 0.3 is 0 Å². The van der Waals surface area contributed by atoms with Crippen LogP contribution < -0.4 is 10.2 Å². The van der Waals surface area contributed by atoms with Crippen molar-refractivity contribution in [1.29, 1.82) is 0 Å². The molecule has 0 unspecified atom stereocenters. The smallest absolute Gasteiger partial charge is 0.219 e. The van der Waals surface area contributed by atoms with Crippen LogP contribution in [0.4, 0.5) is 5.82 Å². The molecular formula is C21H24N4O2. The number of hydrogen-bond acceptors (Lipinski definition) is 5. The van der Waals surface area contributed by atoms with E-state index in [9.17, 15) is 4.79 Å². The molecule has 0 bridgehead atoms. The van der Waals surface area contributed by atoms with Crippen LogP contribution in [0.15, 0.2) is 53.1 Å². The van der Waals surface area contributed by atoms with Crippen molar-refractivity contribution >= 4 is 22.7 Å². The molecule has 27 heavy (non-hydrogen) atoms. The number of nitrogens with one attached hydrogen (secondary N) is 1. The minimum absolute atomic E-state index is 0.142. The number of para-hydroxylation sites is 1. The van der Waals surface area contributed by atoms with Crippen LogP contribution in [-0.4, -0.2) is 42.0 Å². The molecule has 0 atom stereocenters. The van der Waals surface area contributed by atoms with Gasteiger partial charge in [-0.2, -0.15) is 0 Å². The number of benzene rings is 1. The van der Waals surface area contributed by atoms with E-state index in [0.717, 1.165) is 54.3 Å². The molecule has 1 amide bonds. The van der Waals surface area contributed by atoms with E-state index in [1.807, 2.05) is 35.4 Å². The van der Waals surface area contributed by atoms with Crippen molar-refractivity contribution in [3.63, 3.8) is 0 Å². The highest BCUT2D eigenvalue weighted by Gasteiger charge is 2.21. The number of rotatable bonds is 5. The average Bonchev–Trinajstić information content (AvgIpc) is 3.11. The lowest BCUT2D eigenvalue weighted by atomic mass is 10.2. The van der Waals surface area contributed by atoms with E-state index in [4.69, 9.17) is 4.42 Å². The fourth-order valence-corrected chi connectivity index (χ4v) is 3.53. The van der Waals surface area contributed by atoms with E-state index in [0.29, 0.717) is 13.1 Å². The lowest BCUT2D eigenvalue weighted by molar-refractivity contribution is -0.129. The number of furan rings is 1. The summed E-state index contributed by atoms with van der Waals surface area (Å²) in [5, 5.41) is 4.59. The third-order valence-electron chi connectivity index (χ3n) is 4.98. The zero-order valence-corrected chi connectivity index (χ0v) is 15.5. The molecule has 6 nitrogen and oxygen atoms in total. The Morgan fingerprint density at radius 3 is 2.70 bits per heavy atom. The van der Waals surface area contributed by atoms with Crippen LogP contribution in [-0.2, 0) is 17.9 Å². The maximum Gasteiger partial charge on any atom is 0.219 e. The molecule has 4 rings (SSSR count). The van der Waals surface area contributed by atoms with E-state index in [1.54, 1.807) is 6.92 Å². The predicted molar refractivity (Wildman–Crippen MR) is 105 cm³/mol. The average molecular weight is 364 g/mol. The summed E-state index contributed by atoms with van der Waals surface area (Å²) in [6, 6.07) is 14.2. The summed E-state index contributed by atoms with van der Waals surface area (Å²) in [6.07, 6.45) is 1.83. The first kappa shape index (κ1) is 17.5. The van der Waals surface area contributed by atoms with Gasteiger partial charge in [0.05, 0.1) is 6.54 Å². The van der Waals surface area contributed by atoms with Gasteiger partial charge in [-0.15, -0.1) is 0 Å². The van der Waals surface area contributed by atoms with E-state index < -0.39 is 0 Å². The Morgan fingerprint density at radius 2 is 1.93 bits per heavy atom. The number of hydrogen-bond donors (Lipinski definition) is 1. The highest BCUT2D eigenvalue weighted by molar-refractivity contribution is 5.77. The fourth-order valence-electron chi connectivity index (χ4n) is 3.53. The molecule has 1 saturated heterocycles. The van der Waals surface area contributed by atoms with Crippen molar-refractivity contribution < 1.29 is 9.21 Å². The summed E-state index contributed by atoms with van der Waals surface area (Å²) in [4.78, 5) is 20.3. The van der Waals surface area contributed by atoms with Crippen molar-refractivity contribution in [3.05, 3.63) is 60.0 Å². The summed E-state index contributed by atoms with van der Waals surface area (Å²) in [5.74, 6) is 2.07. The first-order chi connectivity index (χ1) is 13.2. The van der Waals surface area contributed by atoms with Crippen molar-refractivity contribution in [2.45, 2.75) is 20.0 Å². The summed E-state index contributed by atoms with van der Waals surface area (Å²) in [6.45, 7) is 6.13. The van der Waals surface area contributed by atoms with Crippen LogP contribution in [0.25, 0.3) is 11.0 Å². The van der Waals surface area contributed by atoms with E-state index in [1.165, 1.54) is 0 Å². The van der Waals surface area contributed by atoms with E-state index >= 15 is 0 Å². The summed E-state index contributed by atoms with van der Waals surface area (Å²) >= 11 is 0. The zero-order valence-electron chi connectivity index (χ0n) is 15.5. The summed E-state index contributed by atoms with van der Waals surface area (Å²) in [7, 11) is 0. The quantitative estimate of drug-likeness (QED) is 0.754.